The molecule has 0 aromatic heterocycles. The summed E-state index contributed by atoms with van der Waals surface area (Å²) in [6.07, 6.45) is 4.82. The number of benzene rings is 1. The molecule has 6 N–H and O–H groups in total. The van der Waals surface area contributed by atoms with Gasteiger partial charge in [0.1, 0.15) is 5.75 Å². The maximum atomic E-state index is 11.8. The van der Waals surface area contributed by atoms with Crippen LogP contribution in [0.5, 0.6) is 5.75 Å². The van der Waals surface area contributed by atoms with E-state index in [4.69, 9.17) is 5.73 Å². The third-order valence-corrected chi connectivity index (χ3v) is 3.88. The number of carbonyl (C=O) groups is 1. The Balaban J connectivity index is 1.85. The highest BCUT2D eigenvalue weighted by Gasteiger charge is 2.03. The van der Waals surface area contributed by atoms with Gasteiger partial charge in [0, 0.05) is 6.42 Å². The van der Waals surface area contributed by atoms with Crippen LogP contribution in [0, 0.1) is 0 Å². The van der Waals surface area contributed by atoms with Crippen molar-refractivity contribution in [2.24, 2.45) is 5.73 Å². The molecule has 0 aliphatic heterocycles. The molecule has 0 fully saturated rings. The fourth-order valence-electron chi connectivity index (χ4n) is 2.45. The normalized spacial score (nSPS) is 10.9. The van der Waals surface area contributed by atoms with Gasteiger partial charge < -0.3 is 26.8 Å². The van der Waals surface area contributed by atoms with Gasteiger partial charge in [0.15, 0.2) is 5.78 Å². The van der Waals surface area contributed by atoms with Crippen molar-refractivity contribution in [3.05, 3.63) is 29.8 Å². The summed E-state index contributed by atoms with van der Waals surface area (Å²) in [6, 6.07) is 6.78. The average Bonchev–Trinajstić information content (AvgIpc) is 2.61. The van der Waals surface area contributed by atoms with Crippen molar-refractivity contribution in [2.45, 2.75) is 32.1 Å². The van der Waals surface area contributed by atoms with Crippen molar-refractivity contribution in [3.63, 3.8) is 0 Å². The Kier molecular flexibility index (Phi) is 12.8. The first-order valence-electron chi connectivity index (χ1n) is 9.34. The maximum absolute atomic E-state index is 11.8. The zero-order valence-electron chi connectivity index (χ0n) is 15.2. The topological polar surface area (TPSA) is 99.4 Å². The summed E-state index contributed by atoms with van der Waals surface area (Å²) in [7, 11) is 0. The second-order valence-corrected chi connectivity index (χ2v) is 6.26. The van der Waals surface area contributed by atoms with E-state index in [1.165, 1.54) is 12.8 Å². The SMILES string of the molecule is NCCCNCCCCNCCCNCC(=O)Cc1ccc(O)cc1. The number of unbranched alkanes of at least 4 members (excludes halogenated alkanes) is 1. The van der Waals surface area contributed by atoms with Gasteiger partial charge in [-0.3, -0.25) is 4.79 Å². The Labute approximate surface area is 151 Å². The smallest absolute Gasteiger partial charge is 0.150 e. The molecule has 0 aliphatic rings. The first-order chi connectivity index (χ1) is 12.2. The predicted molar refractivity (Wildman–Crippen MR) is 103 cm³/mol. The van der Waals surface area contributed by atoms with Crippen molar-refractivity contribution in [1.29, 1.82) is 0 Å². The third kappa shape index (κ3) is 12.5. The van der Waals surface area contributed by atoms with E-state index in [-0.39, 0.29) is 11.5 Å². The molecule has 0 bridgehead atoms. The van der Waals surface area contributed by atoms with Crippen LogP contribution in [0.3, 0.4) is 0 Å². The standard InChI is InChI=1S/C19H34N4O2/c20-9-3-12-21-10-1-2-11-22-13-4-14-23-16-19(25)15-17-5-7-18(24)8-6-17/h5-8,21-24H,1-4,9-16,20H2. The summed E-state index contributed by atoms with van der Waals surface area (Å²) in [5.74, 6) is 0.394. The second-order valence-electron chi connectivity index (χ2n) is 6.26. The van der Waals surface area contributed by atoms with Gasteiger partial charge in [0.2, 0.25) is 0 Å². The third-order valence-electron chi connectivity index (χ3n) is 3.88. The van der Waals surface area contributed by atoms with Gasteiger partial charge in [-0.25, -0.2) is 0 Å². The van der Waals surface area contributed by atoms with Crippen LogP contribution in [0.25, 0.3) is 0 Å². The van der Waals surface area contributed by atoms with Gasteiger partial charge in [0.25, 0.3) is 0 Å². The molecule has 0 saturated carbocycles. The number of ketones is 1. The molecule has 142 valence electrons. The van der Waals surface area contributed by atoms with E-state index in [0.29, 0.717) is 13.0 Å². The highest BCUT2D eigenvalue weighted by atomic mass is 16.3. The Morgan fingerprint density at radius 3 is 2.04 bits per heavy atom. The molecule has 0 heterocycles. The van der Waals surface area contributed by atoms with Gasteiger partial charge in [0.05, 0.1) is 6.54 Å². The van der Waals surface area contributed by atoms with Crippen LogP contribution in [0.1, 0.15) is 31.2 Å². The van der Waals surface area contributed by atoms with E-state index in [1.807, 2.05) is 0 Å². The first kappa shape index (κ1) is 21.6. The monoisotopic (exact) mass is 350 g/mol. The number of Topliss-reactive ketones (excluding diaryl/α,β-unsaturated/α-hetero) is 1. The van der Waals surface area contributed by atoms with Crippen molar-refractivity contribution in [2.75, 3.05) is 45.8 Å². The molecular formula is C19H34N4O2. The van der Waals surface area contributed by atoms with E-state index >= 15 is 0 Å². The summed E-state index contributed by atoms with van der Waals surface area (Å²) in [5.41, 5.74) is 6.37. The first-order valence-corrected chi connectivity index (χ1v) is 9.34. The highest BCUT2D eigenvalue weighted by Crippen LogP contribution is 2.09. The zero-order chi connectivity index (χ0) is 18.2. The molecule has 0 radical (unpaired) electrons. The number of nitrogens with one attached hydrogen (secondary N) is 3. The number of phenolic OH excluding ortho intramolecular Hbond substituents is 1. The Morgan fingerprint density at radius 1 is 0.840 bits per heavy atom. The fraction of sp³-hybridized carbons (Fsp3) is 0.632. The molecule has 1 aromatic carbocycles. The summed E-state index contributed by atoms with van der Waals surface area (Å²) in [4.78, 5) is 11.8. The number of aromatic hydroxyl groups is 1. The van der Waals surface area contributed by atoms with Gasteiger partial charge in [-0.1, -0.05) is 12.1 Å². The Bertz CT molecular complexity index is 451. The molecule has 25 heavy (non-hydrogen) atoms. The lowest BCUT2D eigenvalue weighted by Crippen LogP contribution is -2.28. The lowest BCUT2D eigenvalue weighted by Gasteiger charge is -2.07. The molecule has 0 aliphatic carbocycles. The van der Waals surface area contributed by atoms with E-state index in [0.717, 1.165) is 57.7 Å². The molecular weight excluding hydrogens is 316 g/mol. The summed E-state index contributed by atoms with van der Waals surface area (Å²) in [6.45, 7) is 6.08. The molecule has 0 saturated heterocycles. The number of hydrogen-bond acceptors (Lipinski definition) is 6. The zero-order valence-corrected chi connectivity index (χ0v) is 15.2. The van der Waals surface area contributed by atoms with E-state index in [2.05, 4.69) is 16.0 Å². The van der Waals surface area contributed by atoms with Crippen LogP contribution < -0.4 is 21.7 Å². The van der Waals surface area contributed by atoms with Crippen LogP contribution >= 0.6 is 0 Å². The minimum Gasteiger partial charge on any atom is -0.508 e. The molecule has 1 aromatic rings. The maximum Gasteiger partial charge on any atom is 0.150 e. The number of rotatable bonds is 16. The molecule has 1 rings (SSSR count). The molecule has 0 atom stereocenters. The molecule has 6 nitrogen and oxygen atoms in total. The fourth-order valence-corrected chi connectivity index (χ4v) is 2.45. The Morgan fingerprint density at radius 2 is 1.40 bits per heavy atom. The number of nitrogens with two attached hydrogens (primary N) is 1. The van der Waals surface area contributed by atoms with Crippen LogP contribution in [0.4, 0.5) is 0 Å². The lowest BCUT2D eigenvalue weighted by atomic mass is 10.1. The Hall–Kier alpha value is -1.47. The minimum absolute atomic E-state index is 0.167. The number of phenols is 1. The predicted octanol–water partition coefficient (Wildman–Crippen LogP) is 0.792. The number of carbonyl (C=O) groups excluding carboxylic acids is 1. The van der Waals surface area contributed by atoms with Gasteiger partial charge in [-0.15, -0.1) is 0 Å². The van der Waals surface area contributed by atoms with Crippen LogP contribution in [0.15, 0.2) is 24.3 Å². The minimum atomic E-state index is 0.167. The van der Waals surface area contributed by atoms with E-state index in [1.54, 1.807) is 24.3 Å². The number of hydrogen-bond donors (Lipinski definition) is 5. The van der Waals surface area contributed by atoms with Crippen molar-refractivity contribution < 1.29 is 9.90 Å². The van der Waals surface area contributed by atoms with Crippen LogP contribution in [0.2, 0.25) is 0 Å². The molecule has 0 amide bonds. The van der Waals surface area contributed by atoms with Gasteiger partial charge >= 0.3 is 0 Å². The van der Waals surface area contributed by atoms with Crippen LogP contribution in [-0.2, 0) is 11.2 Å². The van der Waals surface area contributed by atoms with Gasteiger partial charge in [-0.2, -0.15) is 0 Å². The molecule has 6 heteroatoms. The van der Waals surface area contributed by atoms with E-state index < -0.39 is 0 Å². The largest absolute Gasteiger partial charge is 0.508 e. The van der Waals surface area contributed by atoms with Crippen molar-refractivity contribution in [3.8, 4) is 5.75 Å². The molecule has 0 unspecified atom stereocenters. The average molecular weight is 351 g/mol. The summed E-state index contributed by atoms with van der Waals surface area (Å²) < 4.78 is 0. The highest BCUT2D eigenvalue weighted by molar-refractivity contribution is 5.82. The van der Waals surface area contributed by atoms with Crippen molar-refractivity contribution in [1.82, 2.24) is 16.0 Å². The van der Waals surface area contributed by atoms with Crippen molar-refractivity contribution >= 4 is 5.78 Å². The lowest BCUT2D eigenvalue weighted by molar-refractivity contribution is -0.117. The molecule has 0 spiro atoms. The van der Waals surface area contributed by atoms with Crippen LogP contribution in [-0.4, -0.2) is 56.7 Å². The second kappa shape index (κ2) is 14.8. The van der Waals surface area contributed by atoms with Gasteiger partial charge in [-0.05, 0) is 82.6 Å². The quantitative estimate of drug-likeness (QED) is 0.283. The summed E-state index contributed by atoms with van der Waals surface area (Å²) >= 11 is 0. The summed E-state index contributed by atoms with van der Waals surface area (Å²) in [5, 5.41) is 19.2. The van der Waals surface area contributed by atoms with E-state index in [9.17, 15) is 9.90 Å².